The maximum absolute atomic E-state index is 13.5. The third-order valence-electron chi connectivity index (χ3n) is 7.45. The molecule has 2 saturated heterocycles. The number of carbonyl (C=O) groups is 2. The lowest BCUT2D eigenvalue weighted by Crippen LogP contribution is -2.44. The second-order valence-electron chi connectivity index (χ2n) is 9.51. The summed E-state index contributed by atoms with van der Waals surface area (Å²) in [6, 6.07) is 11.4. The lowest BCUT2D eigenvalue weighted by Gasteiger charge is -2.23. The number of carbonyl (C=O) groups excluding carboxylic acids is 2. The smallest absolute Gasteiger partial charge is 0.231 e. The molecule has 3 unspecified atom stereocenters. The van der Waals surface area contributed by atoms with E-state index in [0.717, 1.165) is 11.1 Å². The molecule has 36 heavy (non-hydrogen) atoms. The Kier molecular flexibility index (Phi) is 5.52. The molecule has 2 aromatic rings. The van der Waals surface area contributed by atoms with Crippen molar-refractivity contribution in [2.75, 3.05) is 34.1 Å². The van der Waals surface area contributed by atoms with Gasteiger partial charge in [0.1, 0.15) is 5.60 Å². The number of hydrogen-bond acceptors (Lipinski definition) is 7. The van der Waals surface area contributed by atoms with Crippen LogP contribution >= 0.6 is 0 Å². The molecule has 6 rings (SSSR count). The van der Waals surface area contributed by atoms with E-state index in [-0.39, 0.29) is 24.7 Å². The topological polar surface area (TPSA) is 95.6 Å². The van der Waals surface area contributed by atoms with E-state index in [1.807, 2.05) is 48.6 Å². The summed E-state index contributed by atoms with van der Waals surface area (Å²) in [5.41, 5.74) is 1.21. The van der Waals surface area contributed by atoms with Gasteiger partial charge in [0.15, 0.2) is 23.0 Å². The molecule has 9 nitrogen and oxygen atoms in total. The van der Waals surface area contributed by atoms with E-state index in [1.54, 1.807) is 19.1 Å². The van der Waals surface area contributed by atoms with Gasteiger partial charge in [-0.3, -0.25) is 9.59 Å². The largest absolute Gasteiger partial charge is 0.493 e. The lowest BCUT2D eigenvalue weighted by molar-refractivity contribution is -0.137. The number of benzene rings is 2. The zero-order valence-electron chi connectivity index (χ0n) is 20.2. The molecular formula is C27H28N2O7. The van der Waals surface area contributed by atoms with E-state index in [4.69, 9.17) is 23.7 Å². The molecule has 2 aromatic carbocycles. The number of amides is 2. The number of nitrogens with one attached hydrogen (secondary N) is 1. The fourth-order valence-electron chi connectivity index (χ4n) is 5.76. The number of hydrogen-bond donors (Lipinski definition) is 1. The van der Waals surface area contributed by atoms with Crippen molar-refractivity contribution in [1.29, 1.82) is 0 Å². The van der Waals surface area contributed by atoms with Crippen LogP contribution < -0.4 is 24.3 Å². The van der Waals surface area contributed by atoms with Gasteiger partial charge in [-0.15, -0.1) is 0 Å². The summed E-state index contributed by atoms with van der Waals surface area (Å²) in [4.78, 5) is 28.5. The molecule has 0 aliphatic carbocycles. The molecule has 4 aliphatic heterocycles. The predicted octanol–water partition coefficient (Wildman–Crippen LogP) is 2.07. The third kappa shape index (κ3) is 3.65. The van der Waals surface area contributed by atoms with Gasteiger partial charge in [-0.25, -0.2) is 0 Å². The number of methoxy groups -OCH3 is 2. The van der Waals surface area contributed by atoms with Crippen LogP contribution in [-0.2, 0) is 27.3 Å². The highest BCUT2D eigenvalue weighted by atomic mass is 16.7. The summed E-state index contributed by atoms with van der Waals surface area (Å²) < 4.78 is 27.7. The highest BCUT2D eigenvalue weighted by molar-refractivity contribution is 5.93. The molecule has 4 aliphatic rings. The molecule has 1 N–H and O–H groups in total. The van der Waals surface area contributed by atoms with Gasteiger partial charge < -0.3 is 33.9 Å². The third-order valence-corrected chi connectivity index (χ3v) is 7.45. The van der Waals surface area contributed by atoms with Crippen molar-refractivity contribution in [3.8, 4) is 23.0 Å². The average Bonchev–Trinajstić information content (AvgIpc) is 3.65. The second-order valence-corrected chi connectivity index (χ2v) is 9.51. The molecule has 9 heteroatoms. The Hall–Kier alpha value is -3.72. The van der Waals surface area contributed by atoms with Crippen LogP contribution in [0.1, 0.15) is 11.1 Å². The summed E-state index contributed by atoms with van der Waals surface area (Å²) >= 11 is 0. The molecule has 188 valence electrons. The SMILES string of the molecule is COc1ccc(CCNC(=O)C2C3C=C[C@]4(CN(Cc5ccc6c(c5)OCO6)C(=O)C24)O3)cc1OC. The molecule has 4 heterocycles. The van der Waals surface area contributed by atoms with E-state index >= 15 is 0 Å². The molecule has 0 saturated carbocycles. The second kappa shape index (κ2) is 8.74. The first-order chi connectivity index (χ1) is 17.5. The Balaban J connectivity index is 1.12. The average molecular weight is 493 g/mol. The minimum absolute atomic E-state index is 0.0560. The first-order valence-corrected chi connectivity index (χ1v) is 12.0. The van der Waals surface area contributed by atoms with Crippen molar-refractivity contribution in [2.45, 2.75) is 24.7 Å². The number of ether oxygens (including phenoxy) is 5. The molecular weight excluding hydrogens is 464 g/mol. The van der Waals surface area contributed by atoms with Gasteiger partial charge in [0.05, 0.1) is 38.7 Å². The zero-order valence-corrected chi connectivity index (χ0v) is 20.2. The Bertz CT molecular complexity index is 1240. The van der Waals surface area contributed by atoms with Gasteiger partial charge in [-0.05, 0) is 41.8 Å². The summed E-state index contributed by atoms with van der Waals surface area (Å²) in [6.07, 6.45) is 4.13. The summed E-state index contributed by atoms with van der Waals surface area (Å²) in [7, 11) is 3.19. The van der Waals surface area contributed by atoms with Crippen molar-refractivity contribution in [3.63, 3.8) is 0 Å². The lowest BCUT2D eigenvalue weighted by atomic mass is 9.77. The van der Waals surface area contributed by atoms with Gasteiger partial charge in [0.2, 0.25) is 18.6 Å². The van der Waals surface area contributed by atoms with E-state index in [1.165, 1.54) is 0 Å². The van der Waals surface area contributed by atoms with Crippen molar-refractivity contribution < 1.29 is 33.3 Å². The highest BCUT2D eigenvalue weighted by Gasteiger charge is 2.66. The Morgan fingerprint density at radius 3 is 2.72 bits per heavy atom. The predicted molar refractivity (Wildman–Crippen MR) is 128 cm³/mol. The number of fused-ring (bicyclic) bond motifs is 2. The van der Waals surface area contributed by atoms with Gasteiger partial charge in [-0.1, -0.05) is 24.3 Å². The molecule has 0 aromatic heterocycles. The fourth-order valence-corrected chi connectivity index (χ4v) is 5.76. The molecule has 2 amide bonds. The molecule has 1 spiro atoms. The van der Waals surface area contributed by atoms with Crippen molar-refractivity contribution in [1.82, 2.24) is 10.2 Å². The summed E-state index contributed by atoms with van der Waals surface area (Å²) in [5, 5.41) is 3.02. The maximum Gasteiger partial charge on any atom is 0.231 e. The van der Waals surface area contributed by atoms with Crippen molar-refractivity contribution >= 4 is 11.8 Å². The van der Waals surface area contributed by atoms with Gasteiger partial charge in [-0.2, -0.15) is 0 Å². The Morgan fingerprint density at radius 1 is 1.08 bits per heavy atom. The first-order valence-electron chi connectivity index (χ1n) is 12.0. The molecule has 0 radical (unpaired) electrons. The van der Waals surface area contributed by atoms with E-state index in [0.29, 0.717) is 49.1 Å². The molecule has 2 fully saturated rings. The quantitative estimate of drug-likeness (QED) is 0.564. The maximum atomic E-state index is 13.5. The standard InChI is InChI=1S/C27H28N2O7/c1-32-18-5-3-16(11-21(18)33-2)8-10-28-25(30)23-20-7-9-27(36-20)14-29(26(31)24(23)27)13-17-4-6-19-22(12-17)35-15-34-19/h3-7,9,11-12,20,23-24H,8,10,13-15H2,1-2H3,(H,28,30)/t20?,23?,24?,27-/m1/s1. The van der Waals surface area contributed by atoms with Crippen LogP contribution in [0.2, 0.25) is 0 Å². The number of likely N-dealkylation sites (tertiary alicyclic amines) is 1. The highest BCUT2D eigenvalue weighted by Crippen LogP contribution is 2.52. The van der Waals surface area contributed by atoms with Crippen LogP contribution in [0.4, 0.5) is 0 Å². The van der Waals surface area contributed by atoms with Gasteiger partial charge in [0, 0.05) is 13.1 Å². The molecule has 4 atom stereocenters. The zero-order chi connectivity index (χ0) is 24.9. The van der Waals surface area contributed by atoms with Crippen LogP contribution in [0.5, 0.6) is 23.0 Å². The van der Waals surface area contributed by atoms with Gasteiger partial charge in [0.25, 0.3) is 0 Å². The summed E-state index contributed by atoms with van der Waals surface area (Å²) in [6.45, 7) is 1.49. The van der Waals surface area contributed by atoms with E-state index in [2.05, 4.69) is 5.32 Å². The van der Waals surface area contributed by atoms with Crippen LogP contribution in [0.15, 0.2) is 48.6 Å². The van der Waals surface area contributed by atoms with Crippen LogP contribution in [0.25, 0.3) is 0 Å². The van der Waals surface area contributed by atoms with E-state index < -0.39 is 17.4 Å². The first kappa shape index (κ1) is 22.7. The van der Waals surface area contributed by atoms with Crippen LogP contribution in [-0.4, -0.2) is 62.5 Å². The Labute approximate surface area is 208 Å². The summed E-state index contributed by atoms with van der Waals surface area (Å²) in [5.74, 6) is 1.41. The normalized spacial score (nSPS) is 26.9. The monoisotopic (exact) mass is 492 g/mol. The van der Waals surface area contributed by atoms with Crippen LogP contribution in [0, 0.1) is 11.8 Å². The fraction of sp³-hybridized carbons (Fsp3) is 0.407. The van der Waals surface area contributed by atoms with E-state index in [9.17, 15) is 9.59 Å². The van der Waals surface area contributed by atoms with Gasteiger partial charge >= 0.3 is 0 Å². The van der Waals surface area contributed by atoms with Crippen molar-refractivity contribution in [3.05, 3.63) is 59.7 Å². The molecule has 2 bridgehead atoms. The van der Waals surface area contributed by atoms with Crippen molar-refractivity contribution in [2.24, 2.45) is 11.8 Å². The van der Waals surface area contributed by atoms with Crippen LogP contribution in [0.3, 0.4) is 0 Å². The Morgan fingerprint density at radius 2 is 1.89 bits per heavy atom. The minimum atomic E-state index is -0.747. The number of nitrogens with zero attached hydrogens (tertiary/aromatic N) is 1. The minimum Gasteiger partial charge on any atom is -0.493 e. The number of rotatable bonds is 8.